The predicted molar refractivity (Wildman–Crippen MR) is 57.7 cm³/mol. The lowest BCUT2D eigenvalue weighted by Crippen LogP contribution is -2.25. The molecule has 1 rings (SSSR count). The van der Waals surface area contributed by atoms with E-state index in [2.05, 4.69) is 5.10 Å². The van der Waals surface area contributed by atoms with Crippen LogP contribution in [0.2, 0.25) is 0 Å². The van der Waals surface area contributed by atoms with Crippen molar-refractivity contribution in [3.05, 3.63) is 17.5 Å². The highest BCUT2D eigenvalue weighted by molar-refractivity contribution is 5.73. The first-order chi connectivity index (χ1) is 6.83. The van der Waals surface area contributed by atoms with E-state index >= 15 is 0 Å². The van der Waals surface area contributed by atoms with Gasteiger partial charge in [-0.05, 0) is 40.2 Å². The molecule has 0 bridgehead atoms. The lowest BCUT2D eigenvalue weighted by molar-refractivity contribution is -0.147. The Morgan fingerprint density at radius 2 is 2.13 bits per heavy atom. The van der Waals surface area contributed by atoms with E-state index in [1.807, 2.05) is 24.6 Å². The van der Waals surface area contributed by atoms with Crippen LogP contribution in [0.3, 0.4) is 0 Å². The van der Waals surface area contributed by atoms with Crippen molar-refractivity contribution in [2.45, 2.75) is 40.7 Å². The summed E-state index contributed by atoms with van der Waals surface area (Å²) in [6.45, 7) is 8.04. The summed E-state index contributed by atoms with van der Waals surface area (Å²) < 4.78 is 1.86. The van der Waals surface area contributed by atoms with Gasteiger partial charge in [-0.25, -0.2) is 0 Å². The Morgan fingerprint density at radius 3 is 2.53 bits per heavy atom. The van der Waals surface area contributed by atoms with E-state index in [9.17, 15) is 4.79 Å². The summed E-state index contributed by atoms with van der Waals surface area (Å²) in [5.41, 5.74) is 1.36. The molecule has 0 aliphatic carbocycles. The van der Waals surface area contributed by atoms with Crippen molar-refractivity contribution in [3.63, 3.8) is 0 Å². The maximum atomic E-state index is 10.9. The minimum atomic E-state index is -0.760. The van der Waals surface area contributed by atoms with E-state index < -0.39 is 11.4 Å². The van der Waals surface area contributed by atoms with Gasteiger partial charge in [0, 0.05) is 12.2 Å². The molecular weight excluding hydrogens is 192 g/mol. The molecule has 1 N–H and O–H groups in total. The Balaban J connectivity index is 2.65. The molecule has 1 aromatic rings. The zero-order valence-corrected chi connectivity index (χ0v) is 9.74. The van der Waals surface area contributed by atoms with Gasteiger partial charge in [-0.3, -0.25) is 9.48 Å². The molecule has 0 fully saturated rings. The summed E-state index contributed by atoms with van der Waals surface area (Å²) in [6, 6.07) is 1.99. The fourth-order valence-corrected chi connectivity index (χ4v) is 1.39. The van der Waals surface area contributed by atoms with Gasteiger partial charge < -0.3 is 5.11 Å². The molecule has 0 saturated carbocycles. The number of hydrogen-bond acceptors (Lipinski definition) is 2. The minimum absolute atomic E-state index is 0.588. The number of carbonyl (C=O) groups is 1. The number of nitrogens with zero attached hydrogens (tertiary/aromatic N) is 2. The Morgan fingerprint density at radius 1 is 1.53 bits per heavy atom. The topological polar surface area (TPSA) is 55.1 Å². The van der Waals surface area contributed by atoms with Gasteiger partial charge in [-0.15, -0.1) is 0 Å². The second kappa shape index (κ2) is 4.04. The van der Waals surface area contributed by atoms with Gasteiger partial charge in [0.25, 0.3) is 0 Å². The van der Waals surface area contributed by atoms with Crippen LogP contribution in [-0.4, -0.2) is 20.9 Å². The second-order valence-corrected chi connectivity index (χ2v) is 4.59. The number of hydrogen-bond donors (Lipinski definition) is 1. The normalized spacial score (nSPS) is 11.7. The summed E-state index contributed by atoms with van der Waals surface area (Å²) in [7, 11) is 0. The Kier molecular flexibility index (Phi) is 3.17. The molecule has 4 heteroatoms. The Labute approximate surface area is 89.9 Å². The van der Waals surface area contributed by atoms with Gasteiger partial charge in [0.1, 0.15) is 0 Å². The third-order valence-corrected chi connectivity index (χ3v) is 2.63. The van der Waals surface area contributed by atoms with E-state index in [4.69, 9.17) is 5.11 Å². The monoisotopic (exact) mass is 210 g/mol. The number of aryl methyl sites for hydroxylation is 3. The van der Waals surface area contributed by atoms with Crippen molar-refractivity contribution in [1.29, 1.82) is 0 Å². The molecule has 4 nitrogen and oxygen atoms in total. The number of aliphatic carboxylic acids is 1. The van der Waals surface area contributed by atoms with E-state index in [0.29, 0.717) is 13.0 Å². The highest BCUT2D eigenvalue weighted by Crippen LogP contribution is 2.21. The highest BCUT2D eigenvalue weighted by atomic mass is 16.4. The SMILES string of the molecule is Cc1cc(C)n(CCC(C)(C)C(=O)O)n1. The van der Waals surface area contributed by atoms with Gasteiger partial charge >= 0.3 is 5.97 Å². The van der Waals surface area contributed by atoms with Crippen molar-refractivity contribution in [2.75, 3.05) is 0 Å². The molecule has 0 aromatic carbocycles. The van der Waals surface area contributed by atoms with E-state index in [1.54, 1.807) is 13.8 Å². The highest BCUT2D eigenvalue weighted by Gasteiger charge is 2.26. The average Bonchev–Trinajstić information content (AvgIpc) is 2.41. The van der Waals surface area contributed by atoms with Gasteiger partial charge in [-0.1, -0.05) is 0 Å². The minimum Gasteiger partial charge on any atom is -0.481 e. The predicted octanol–water partition coefficient (Wildman–Crippen LogP) is 2.00. The Bertz CT molecular complexity index is 367. The maximum absolute atomic E-state index is 10.9. The molecule has 0 aliphatic heterocycles. The number of carboxylic acids is 1. The summed E-state index contributed by atoms with van der Waals surface area (Å²) >= 11 is 0. The van der Waals surface area contributed by atoms with Crippen LogP contribution < -0.4 is 0 Å². The molecule has 84 valence electrons. The van der Waals surface area contributed by atoms with Crippen LogP contribution in [0.1, 0.15) is 31.7 Å². The molecule has 1 heterocycles. The first kappa shape index (κ1) is 11.8. The molecule has 0 radical (unpaired) electrons. The zero-order valence-electron chi connectivity index (χ0n) is 9.74. The lowest BCUT2D eigenvalue weighted by atomic mass is 9.90. The van der Waals surface area contributed by atoms with Gasteiger partial charge in [0.05, 0.1) is 11.1 Å². The van der Waals surface area contributed by atoms with Gasteiger partial charge in [-0.2, -0.15) is 5.10 Å². The molecule has 0 spiro atoms. The van der Waals surface area contributed by atoms with Crippen molar-refractivity contribution in [3.8, 4) is 0 Å². The molecular formula is C11H18N2O2. The van der Waals surface area contributed by atoms with E-state index in [1.165, 1.54) is 0 Å². The van der Waals surface area contributed by atoms with E-state index in [0.717, 1.165) is 11.4 Å². The molecule has 0 amide bonds. The molecule has 1 aromatic heterocycles. The third-order valence-electron chi connectivity index (χ3n) is 2.63. The second-order valence-electron chi connectivity index (χ2n) is 4.59. The van der Waals surface area contributed by atoms with Crippen LogP contribution in [0.4, 0.5) is 0 Å². The van der Waals surface area contributed by atoms with Crippen LogP contribution in [0.25, 0.3) is 0 Å². The summed E-state index contributed by atoms with van der Waals surface area (Å²) in [5, 5.41) is 13.3. The van der Waals surface area contributed by atoms with Crippen molar-refractivity contribution in [2.24, 2.45) is 5.41 Å². The van der Waals surface area contributed by atoms with Crippen molar-refractivity contribution in [1.82, 2.24) is 9.78 Å². The lowest BCUT2D eigenvalue weighted by Gasteiger charge is -2.18. The zero-order chi connectivity index (χ0) is 11.6. The molecule has 0 atom stereocenters. The quantitative estimate of drug-likeness (QED) is 0.827. The van der Waals surface area contributed by atoms with Crippen LogP contribution in [0, 0.1) is 19.3 Å². The van der Waals surface area contributed by atoms with Gasteiger partial charge in [0.2, 0.25) is 0 Å². The largest absolute Gasteiger partial charge is 0.481 e. The van der Waals surface area contributed by atoms with Crippen molar-refractivity contribution >= 4 is 5.97 Å². The fourth-order valence-electron chi connectivity index (χ4n) is 1.39. The Hall–Kier alpha value is -1.32. The van der Waals surface area contributed by atoms with E-state index in [-0.39, 0.29) is 0 Å². The van der Waals surface area contributed by atoms with Crippen LogP contribution in [0.15, 0.2) is 6.07 Å². The van der Waals surface area contributed by atoms with Gasteiger partial charge in [0.15, 0.2) is 0 Å². The smallest absolute Gasteiger partial charge is 0.309 e. The number of aromatic nitrogens is 2. The first-order valence-electron chi connectivity index (χ1n) is 5.07. The van der Waals surface area contributed by atoms with Crippen LogP contribution >= 0.6 is 0 Å². The molecule has 0 saturated heterocycles. The number of carboxylic acid groups (broad SMARTS) is 1. The average molecular weight is 210 g/mol. The summed E-state index contributed by atoms with van der Waals surface area (Å²) in [6.07, 6.45) is 0.588. The summed E-state index contributed by atoms with van der Waals surface area (Å²) in [4.78, 5) is 10.9. The molecule has 0 unspecified atom stereocenters. The number of rotatable bonds is 4. The molecule has 0 aliphatic rings. The van der Waals surface area contributed by atoms with Crippen LogP contribution in [-0.2, 0) is 11.3 Å². The van der Waals surface area contributed by atoms with Crippen molar-refractivity contribution < 1.29 is 9.90 Å². The third kappa shape index (κ3) is 2.81. The summed E-state index contributed by atoms with van der Waals surface area (Å²) in [5.74, 6) is -0.760. The fraction of sp³-hybridized carbons (Fsp3) is 0.636. The molecule has 15 heavy (non-hydrogen) atoms. The standard InChI is InChI=1S/C11H18N2O2/c1-8-7-9(2)13(12-8)6-5-11(3,4)10(14)15/h7H,5-6H2,1-4H3,(H,14,15). The van der Waals surface area contributed by atoms with Crippen LogP contribution in [0.5, 0.6) is 0 Å². The first-order valence-corrected chi connectivity index (χ1v) is 5.07. The maximum Gasteiger partial charge on any atom is 0.309 e.